The summed E-state index contributed by atoms with van der Waals surface area (Å²) in [5, 5.41) is 14.9. The van der Waals surface area contributed by atoms with Crippen LogP contribution in [0.15, 0.2) is 44.5 Å². The van der Waals surface area contributed by atoms with E-state index in [1.165, 1.54) is 0 Å². The van der Waals surface area contributed by atoms with Crippen molar-refractivity contribution < 1.29 is 18.5 Å². The molecule has 0 saturated heterocycles. The van der Waals surface area contributed by atoms with Crippen molar-refractivity contribution in [3.63, 3.8) is 0 Å². The molecule has 3 rings (SSSR count). The fourth-order valence-corrected chi connectivity index (χ4v) is 2.80. The lowest BCUT2D eigenvalue weighted by Crippen LogP contribution is -2.14. The van der Waals surface area contributed by atoms with E-state index < -0.39 is 0 Å². The lowest BCUT2D eigenvalue weighted by molar-refractivity contribution is -0.113. The molecule has 1 N–H and O–H groups in total. The van der Waals surface area contributed by atoms with E-state index in [9.17, 15) is 4.79 Å². The number of hydrogen-bond donors (Lipinski definition) is 1. The van der Waals surface area contributed by atoms with Crippen LogP contribution < -0.4 is 10.1 Å². The molecule has 3 aromatic rings. The molecule has 0 fully saturated rings. The molecular formula is C19H22N4O4S. The second-order valence-corrected chi connectivity index (χ2v) is 7.92. The highest BCUT2D eigenvalue weighted by molar-refractivity contribution is 7.99. The minimum absolute atomic E-state index is 0.108. The second kappa shape index (κ2) is 8.47. The van der Waals surface area contributed by atoms with Gasteiger partial charge >= 0.3 is 0 Å². The number of nitrogens with one attached hydrogen (secondary N) is 1. The monoisotopic (exact) mass is 402 g/mol. The van der Waals surface area contributed by atoms with Crippen molar-refractivity contribution in [2.45, 2.75) is 38.3 Å². The Morgan fingerprint density at radius 3 is 2.61 bits per heavy atom. The van der Waals surface area contributed by atoms with Gasteiger partial charge in [-0.25, -0.2) is 0 Å². The van der Waals surface area contributed by atoms with Crippen molar-refractivity contribution in [1.29, 1.82) is 0 Å². The molecule has 1 amide bonds. The minimum atomic E-state index is -0.248. The van der Waals surface area contributed by atoms with Crippen LogP contribution in [0.25, 0.3) is 11.5 Å². The van der Waals surface area contributed by atoms with Gasteiger partial charge in [0.15, 0.2) is 0 Å². The Labute approximate surface area is 167 Å². The maximum Gasteiger partial charge on any atom is 0.277 e. The van der Waals surface area contributed by atoms with Gasteiger partial charge in [-0.1, -0.05) is 37.7 Å². The Morgan fingerprint density at radius 1 is 1.21 bits per heavy atom. The molecule has 0 radical (unpaired) electrons. The molecule has 0 bridgehead atoms. The fraction of sp³-hybridized carbons (Fsp3) is 0.368. The summed E-state index contributed by atoms with van der Waals surface area (Å²) in [6.45, 7) is 8.59. The molecule has 0 spiro atoms. The van der Waals surface area contributed by atoms with Gasteiger partial charge in [0, 0.05) is 17.0 Å². The first kappa shape index (κ1) is 19.9. The van der Waals surface area contributed by atoms with Crippen LogP contribution in [0.5, 0.6) is 5.75 Å². The van der Waals surface area contributed by atoms with Crippen LogP contribution in [0, 0.1) is 0 Å². The third-order valence-electron chi connectivity index (χ3n) is 3.69. The summed E-state index contributed by atoms with van der Waals surface area (Å²) in [6, 6.07) is 9.09. The first-order chi connectivity index (χ1) is 13.3. The number of ether oxygens (including phenoxy) is 1. The Morgan fingerprint density at radius 2 is 1.96 bits per heavy atom. The predicted molar refractivity (Wildman–Crippen MR) is 105 cm³/mol. The molecule has 2 aromatic heterocycles. The van der Waals surface area contributed by atoms with Crippen molar-refractivity contribution in [2.24, 2.45) is 0 Å². The summed E-state index contributed by atoms with van der Waals surface area (Å²) in [4.78, 5) is 12.1. The van der Waals surface area contributed by atoms with E-state index in [0.29, 0.717) is 23.6 Å². The van der Waals surface area contributed by atoms with Gasteiger partial charge in [-0.2, -0.15) is 0 Å². The fourth-order valence-electron chi connectivity index (χ4n) is 2.23. The van der Waals surface area contributed by atoms with E-state index in [0.717, 1.165) is 28.8 Å². The largest absolute Gasteiger partial charge is 0.494 e. The van der Waals surface area contributed by atoms with E-state index >= 15 is 0 Å². The number of carbonyl (C=O) groups excluding carboxylic acids is 1. The third kappa shape index (κ3) is 5.13. The van der Waals surface area contributed by atoms with Gasteiger partial charge in [0.2, 0.25) is 17.7 Å². The molecule has 8 nitrogen and oxygen atoms in total. The smallest absolute Gasteiger partial charge is 0.277 e. The summed E-state index contributed by atoms with van der Waals surface area (Å²) in [5.74, 6) is 1.34. The Kier molecular flexibility index (Phi) is 6.03. The number of nitrogens with zero attached hydrogens (tertiary/aromatic N) is 3. The molecule has 0 unspecified atom stereocenters. The number of anilines is 1. The molecule has 0 atom stereocenters. The van der Waals surface area contributed by atoms with Crippen LogP contribution >= 0.6 is 11.8 Å². The van der Waals surface area contributed by atoms with Crippen molar-refractivity contribution >= 4 is 23.6 Å². The lowest BCUT2D eigenvalue weighted by Gasteiger charge is -2.12. The van der Waals surface area contributed by atoms with E-state index in [4.69, 9.17) is 13.7 Å². The topological polar surface area (TPSA) is 103 Å². The number of benzene rings is 1. The van der Waals surface area contributed by atoms with Crippen molar-refractivity contribution in [3.05, 3.63) is 36.0 Å². The van der Waals surface area contributed by atoms with E-state index in [1.54, 1.807) is 6.07 Å². The van der Waals surface area contributed by atoms with Gasteiger partial charge < -0.3 is 13.7 Å². The van der Waals surface area contributed by atoms with E-state index in [1.807, 2.05) is 52.0 Å². The average molecular weight is 402 g/mol. The van der Waals surface area contributed by atoms with Crippen LogP contribution in [0.2, 0.25) is 0 Å². The predicted octanol–water partition coefficient (Wildman–Crippen LogP) is 4.15. The van der Waals surface area contributed by atoms with Crippen LogP contribution in [-0.4, -0.2) is 33.6 Å². The summed E-state index contributed by atoms with van der Waals surface area (Å²) in [6.07, 6.45) is 0. The molecule has 0 aliphatic heterocycles. The van der Waals surface area contributed by atoms with Gasteiger partial charge in [-0.05, 0) is 31.2 Å². The van der Waals surface area contributed by atoms with E-state index in [2.05, 4.69) is 20.7 Å². The van der Waals surface area contributed by atoms with E-state index in [-0.39, 0.29) is 17.1 Å². The lowest BCUT2D eigenvalue weighted by atomic mass is 9.92. The molecular weight excluding hydrogens is 380 g/mol. The second-order valence-electron chi connectivity index (χ2n) is 6.99. The summed E-state index contributed by atoms with van der Waals surface area (Å²) in [7, 11) is 0. The highest BCUT2D eigenvalue weighted by Crippen LogP contribution is 2.26. The normalized spacial score (nSPS) is 11.4. The SMILES string of the molecule is CCOc1ccc(-c2nnc(SCC(=O)Nc3cc(C(C)(C)C)no3)o2)cc1. The first-order valence-corrected chi connectivity index (χ1v) is 9.80. The average Bonchev–Trinajstić information content (AvgIpc) is 3.30. The Bertz CT molecular complexity index is 928. The van der Waals surface area contributed by atoms with Gasteiger partial charge in [0.1, 0.15) is 5.75 Å². The maximum atomic E-state index is 12.1. The number of amides is 1. The molecule has 28 heavy (non-hydrogen) atoms. The highest BCUT2D eigenvalue weighted by atomic mass is 32.2. The van der Waals surface area contributed by atoms with Gasteiger partial charge in [-0.15, -0.1) is 10.2 Å². The molecule has 0 saturated carbocycles. The first-order valence-electron chi connectivity index (χ1n) is 8.81. The number of thioether (sulfide) groups is 1. The van der Waals surface area contributed by atoms with Gasteiger partial charge in [0.05, 0.1) is 18.1 Å². The summed E-state index contributed by atoms with van der Waals surface area (Å²) < 4.78 is 16.2. The van der Waals surface area contributed by atoms with Crippen molar-refractivity contribution in [1.82, 2.24) is 15.4 Å². The third-order valence-corrected chi connectivity index (χ3v) is 4.51. The maximum absolute atomic E-state index is 12.1. The number of carbonyl (C=O) groups is 1. The number of rotatable bonds is 7. The molecule has 1 aromatic carbocycles. The van der Waals surface area contributed by atoms with Gasteiger partial charge in [0.25, 0.3) is 5.22 Å². The molecule has 9 heteroatoms. The molecule has 0 aliphatic rings. The minimum Gasteiger partial charge on any atom is -0.494 e. The quantitative estimate of drug-likeness (QED) is 0.588. The standard InChI is InChI=1S/C19H22N4O4S/c1-5-25-13-8-6-12(7-9-13)17-21-22-18(26-17)28-11-15(24)20-16-10-14(23-27-16)19(2,3)4/h6-10H,5,11H2,1-4H3,(H,20,24). The molecule has 2 heterocycles. The summed E-state index contributed by atoms with van der Waals surface area (Å²) >= 11 is 1.15. The summed E-state index contributed by atoms with van der Waals surface area (Å²) in [5.41, 5.74) is 1.40. The zero-order chi connectivity index (χ0) is 20.1. The van der Waals surface area contributed by atoms with Crippen molar-refractivity contribution in [3.8, 4) is 17.2 Å². The van der Waals surface area contributed by atoms with Crippen molar-refractivity contribution in [2.75, 3.05) is 17.7 Å². The van der Waals surface area contributed by atoms with Crippen LogP contribution in [0.3, 0.4) is 0 Å². The zero-order valence-corrected chi connectivity index (χ0v) is 17.0. The van der Waals surface area contributed by atoms with Gasteiger partial charge in [-0.3, -0.25) is 10.1 Å². The Balaban J connectivity index is 1.54. The highest BCUT2D eigenvalue weighted by Gasteiger charge is 2.20. The van der Waals surface area contributed by atoms with Crippen LogP contribution in [0.4, 0.5) is 5.88 Å². The molecule has 148 valence electrons. The number of aromatic nitrogens is 3. The van der Waals surface area contributed by atoms with Crippen LogP contribution in [0.1, 0.15) is 33.4 Å². The van der Waals surface area contributed by atoms with Crippen LogP contribution in [-0.2, 0) is 10.2 Å². The number of hydrogen-bond acceptors (Lipinski definition) is 8. The molecule has 0 aliphatic carbocycles. The Hall–Kier alpha value is -2.81. The zero-order valence-electron chi connectivity index (χ0n) is 16.2.